The van der Waals surface area contributed by atoms with Gasteiger partial charge in [0.1, 0.15) is 11.1 Å². The molecule has 5 heteroatoms. The van der Waals surface area contributed by atoms with Gasteiger partial charge in [-0.2, -0.15) is 0 Å². The second-order valence-corrected chi connectivity index (χ2v) is 4.18. The third kappa shape index (κ3) is 1.55. The highest BCUT2D eigenvalue weighted by atomic mass is 32.2. The summed E-state index contributed by atoms with van der Waals surface area (Å²) in [4.78, 5) is 11.4. The lowest BCUT2D eigenvalue weighted by atomic mass is 10.3. The molecule has 0 aliphatic carbocycles. The first-order chi connectivity index (χ1) is 6.68. The molecule has 14 heavy (non-hydrogen) atoms. The van der Waals surface area contributed by atoms with Gasteiger partial charge in [-0.1, -0.05) is 6.07 Å². The molecule has 1 aliphatic rings. The van der Waals surface area contributed by atoms with E-state index in [4.69, 9.17) is 5.11 Å². The van der Waals surface area contributed by atoms with Gasteiger partial charge >= 0.3 is 5.97 Å². The van der Waals surface area contributed by atoms with Crippen LogP contribution in [0.4, 0.5) is 10.1 Å². The van der Waals surface area contributed by atoms with Crippen LogP contribution in [0, 0.1) is 5.82 Å². The second-order valence-electron chi connectivity index (χ2n) is 2.94. The van der Waals surface area contributed by atoms with Crippen LogP contribution in [0.3, 0.4) is 0 Å². The first-order valence-corrected chi connectivity index (χ1v) is 4.98. The number of hydrogen-bond acceptors (Lipinski definition) is 3. The number of hydrogen-bond donors (Lipinski definition) is 2. The Hall–Kier alpha value is -1.23. The van der Waals surface area contributed by atoms with Gasteiger partial charge < -0.3 is 10.4 Å². The Bertz CT molecular complexity index is 383. The van der Waals surface area contributed by atoms with Crippen molar-refractivity contribution in [3.63, 3.8) is 0 Å². The van der Waals surface area contributed by atoms with Crippen LogP contribution in [-0.2, 0) is 4.79 Å². The molecule has 1 heterocycles. The van der Waals surface area contributed by atoms with E-state index < -0.39 is 11.2 Å². The van der Waals surface area contributed by atoms with Crippen LogP contribution >= 0.6 is 11.8 Å². The van der Waals surface area contributed by atoms with Crippen molar-refractivity contribution in [1.29, 1.82) is 0 Å². The van der Waals surface area contributed by atoms with Crippen molar-refractivity contribution >= 4 is 23.4 Å². The van der Waals surface area contributed by atoms with Crippen molar-refractivity contribution in [1.82, 2.24) is 0 Å². The van der Waals surface area contributed by atoms with Crippen LogP contribution in [0.25, 0.3) is 0 Å². The van der Waals surface area contributed by atoms with Gasteiger partial charge in [-0.05, 0) is 12.1 Å². The van der Waals surface area contributed by atoms with Crippen molar-refractivity contribution in [3.05, 3.63) is 24.0 Å². The van der Waals surface area contributed by atoms with E-state index in [1.807, 2.05) is 0 Å². The maximum absolute atomic E-state index is 13.2. The molecular weight excluding hydrogens is 205 g/mol. The summed E-state index contributed by atoms with van der Waals surface area (Å²) >= 11 is 1.18. The maximum atomic E-state index is 13.2. The van der Waals surface area contributed by atoms with E-state index in [0.717, 1.165) is 0 Å². The molecule has 2 rings (SSSR count). The quantitative estimate of drug-likeness (QED) is 0.746. The zero-order chi connectivity index (χ0) is 10.1. The Labute approximate surface area is 84.3 Å². The maximum Gasteiger partial charge on any atom is 0.318 e. The van der Waals surface area contributed by atoms with Crippen molar-refractivity contribution in [2.45, 2.75) is 10.1 Å². The minimum absolute atomic E-state index is 0.258. The molecule has 0 amide bonds. The highest BCUT2D eigenvalue weighted by molar-refractivity contribution is 8.00. The van der Waals surface area contributed by atoms with Crippen molar-refractivity contribution in [2.75, 3.05) is 11.9 Å². The van der Waals surface area contributed by atoms with Crippen LogP contribution in [0.1, 0.15) is 0 Å². The molecule has 1 aliphatic heterocycles. The second kappa shape index (κ2) is 3.49. The lowest BCUT2D eigenvalue weighted by Gasteiger charge is -2.22. The predicted molar refractivity (Wildman–Crippen MR) is 52.2 cm³/mol. The first kappa shape index (κ1) is 9.33. The smallest absolute Gasteiger partial charge is 0.318 e. The minimum atomic E-state index is -0.877. The van der Waals surface area contributed by atoms with Crippen molar-refractivity contribution in [2.24, 2.45) is 0 Å². The van der Waals surface area contributed by atoms with E-state index in [1.54, 1.807) is 12.1 Å². The normalized spacial score (nSPS) is 19.6. The molecule has 0 fully saturated rings. The van der Waals surface area contributed by atoms with Gasteiger partial charge in [0.15, 0.2) is 0 Å². The molecule has 0 radical (unpaired) electrons. The molecule has 2 N–H and O–H groups in total. The summed E-state index contributed by atoms with van der Waals surface area (Å²) in [5.41, 5.74) is 0.412. The fourth-order valence-electron chi connectivity index (χ4n) is 1.30. The number of carbonyl (C=O) groups is 1. The molecular formula is C9H8FNO2S. The summed E-state index contributed by atoms with van der Waals surface area (Å²) in [5.74, 6) is -1.21. The zero-order valence-corrected chi connectivity index (χ0v) is 7.97. The molecule has 3 nitrogen and oxygen atoms in total. The number of aliphatic carboxylic acids is 1. The minimum Gasteiger partial charge on any atom is -0.480 e. The summed E-state index contributed by atoms with van der Waals surface area (Å²) in [6.07, 6.45) is 0. The number of carboxylic acid groups (broad SMARTS) is 1. The Morgan fingerprint density at radius 3 is 3.14 bits per heavy atom. The molecule has 74 valence electrons. The van der Waals surface area contributed by atoms with Gasteiger partial charge in [0.2, 0.25) is 0 Å². The molecule has 1 aromatic rings. The van der Waals surface area contributed by atoms with Gasteiger partial charge in [0, 0.05) is 11.4 Å². The summed E-state index contributed by atoms with van der Waals surface area (Å²) in [6.45, 7) is 0.258. The molecule has 0 bridgehead atoms. The average Bonchev–Trinajstić information content (AvgIpc) is 2.17. The van der Waals surface area contributed by atoms with Crippen LogP contribution in [-0.4, -0.2) is 22.9 Å². The molecule has 0 saturated heterocycles. The van der Waals surface area contributed by atoms with Crippen LogP contribution in [0.2, 0.25) is 0 Å². The number of fused-ring (bicyclic) bond motifs is 1. The number of thioether (sulfide) groups is 1. The summed E-state index contributed by atoms with van der Waals surface area (Å²) in [6, 6.07) is 4.64. The fourth-order valence-corrected chi connectivity index (χ4v) is 2.32. The number of anilines is 1. The van der Waals surface area contributed by atoms with E-state index in [0.29, 0.717) is 10.6 Å². The van der Waals surface area contributed by atoms with Gasteiger partial charge in [0.25, 0.3) is 0 Å². The van der Waals surface area contributed by atoms with Crippen LogP contribution < -0.4 is 5.32 Å². The summed E-state index contributed by atoms with van der Waals surface area (Å²) < 4.78 is 13.2. The monoisotopic (exact) mass is 213 g/mol. The average molecular weight is 213 g/mol. The lowest BCUT2D eigenvalue weighted by molar-refractivity contribution is -0.136. The molecule has 1 atom stereocenters. The fraction of sp³-hybridized carbons (Fsp3) is 0.222. The molecule has 0 saturated carbocycles. The van der Waals surface area contributed by atoms with Crippen molar-refractivity contribution in [3.8, 4) is 0 Å². The Morgan fingerprint density at radius 2 is 2.43 bits per heavy atom. The van der Waals surface area contributed by atoms with E-state index in [-0.39, 0.29) is 12.4 Å². The number of halogens is 1. The number of carboxylic acids is 1. The highest BCUT2D eigenvalue weighted by Gasteiger charge is 2.25. The van der Waals surface area contributed by atoms with Gasteiger partial charge in [0.05, 0.1) is 5.69 Å². The number of rotatable bonds is 1. The zero-order valence-electron chi connectivity index (χ0n) is 7.16. The van der Waals surface area contributed by atoms with E-state index in [2.05, 4.69) is 5.32 Å². The number of para-hydroxylation sites is 1. The SMILES string of the molecule is O=C(O)C1CNc2c(F)cccc2S1. The largest absolute Gasteiger partial charge is 0.480 e. The molecule has 1 unspecified atom stereocenters. The van der Waals surface area contributed by atoms with Gasteiger partial charge in [-0.3, -0.25) is 4.79 Å². The number of nitrogens with one attached hydrogen (secondary N) is 1. The predicted octanol–water partition coefficient (Wildman–Crippen LogP) is 1.80. The summed E-state index contributed by atoms with van der Waals surface area (Å²) in [5, 5.41) is 11.0. The Morgan fingerprint density at radius 1 is 1.64 bits per heavy atom. The molecule has 0 aromatic heterocycles. The first-order valence-electron chi connectivity index (χ1n) is 4.10. The standard InChI is InChI=1S/C9H8FNO2S/c10-5-2-1-3-6-8(5)11-4-7(14-6)9(12)13/h1-3,7,11H,4H2,(H,12,13). The van der Waals surface area contributed by atoms with E-state index >= 15 is 0 Å². The van der Waals surface area contributed by atoms with Crippen LogP contribution in [0.5, 0.6) is 0 Å². The Balaban J connectivity index is 2.31. The topological polar surface area (TPSA) is 49.3 Å². The lowest BCUT2D eigenvalue weighted by Crippen LogP contribution is -2.29. The molecule has 0 spiro atoms. The van der Waals surface area contributed by atoms with E-state index in [9.17, 15) is 9.18 Å². The van der Waals surface area contributed by atoms with E-state index in [1.165, 1.54) is 17.8 Å². The van der Waals surface area contributed by atoms with Gasteiger partial charge in [-0.15, -0.1) is 11.8 Å². The van der Waals surface area contributed by atoms with Crippen molar-refractivity contribution < 1.29 is 14.3 Å². The Kier molecular flexibility index (Phi) is 2.33. The number of benzene rings is 1. The summed E-state index contributed by atoms with van der Waals surface area (Å²) in [7, 11) is 0. The highest BCUT2D eigenvalue weighted by Crippen LogP contribution is 2.36. The van der Waals surface area contributed by atoms with Crippen LogP contribution in [0.15, 0.2) is 23.1 Å². The van der Waals surface area contributed by atoms with Gasteiger partial charge in [-0.25, -0.2) is 4.39 Å². The third-order valence-electron chi connectivity index (χ3n) is 1.98. The third-order valence-corrected chi connectivity index (χ3v) is 3.23. The molecule has 1 aromatic carbocycles.